The number of benzene rings is 1. The van der Waals surface area contributed by atoms with Crippen molar-refractivity contribution < 1.29 is 13.2 Å². The number of hydrogen-bond donors (Lipinski definition) is 1. The van der Waals surface area contributed by atoms with E-state index in [2.05, 4.69) is 20.7 Å². The van der Waals surface area contributed by atoms with E-state index in [1.807, 2.05) is 6.92 Å². The third-order valence-corrected chi connectivity index (χ3v) is 5.30. The summed E-state index contributed by atoms with van der Waals surface area (Å²) in [7, 11) is -3.44. The molecule has 1 aliphatic rings. The molecule has 5 nitrogen and oxygen atoms in total. The van der Waals surface area contributed by atoms with Crippen LogP contribution < -0.4 is 9.46 Å². The average Bonchev–Trinajstić information content (AvgIpc) is 2.95. The molecule has 0 aromatic heterocycles. The second kappa shape index (κ2) is 6.78. The molecule has 0 aliphatic carbocycles. The second-order valence-corrected chi connectivity index (χ2v) is 6.83. The fraction of sp³-hybridized carbons (Fsp3) is 0.538. The van der Waals surface area contributed by atoms with E-state index in [0.29, 0.717) is 30.7 Å². The molecule has 0 unspecified atom stereocenters. The Morgan fingerprint density at radius 1 is 1.35 bits per heavy atom. The van der Waals surface area contributed by atoms with Crippen LogP contribution in [0.5, 0.6) is 5.75 Å². The lowest BCUT2D eigenvalue weighted by Crippen LogP contribution is -2.33. The van der Waals surface area contributed by atoms with Crippen LogP contribution in [0.4, 0.5) is 5.69 Å². The molecule has 20 heavy (non-hydrogen) atoms. The Balaban J connectivity index is 2.17. The van der Waals surface area contributed by atoms with Crippen LogP contribution in [0, 0.1) is 0 Å². The molecule has 112 valence electrons. The first kappa shape index (κ1) is 15.6. The summed E-state index contributed by atoms with van der Waals surface area (Å²) < 4.78 is 34.0. The molecular formula is C13H19BrN2O3S. The molecular weight excluding hydrogens is 344 g/mol. The quantitative estimate of drug-likeness (QED) is 0.791. The number of anilines is 1. The van der Waals surface area contributed by atoms with Crippen molar-refractivity contribution in [1.29, 1.82) is 0 Å². The highest BCUT2D eigenvalue weighted by molar-refractivity contribution is 9.08. The van der Waals surface area contributed by atoms with Gasteiger partial charge in [0.2, 0.25) is 0 Å². The lowest BCUT2D eigenvalue weighted by atomic mass is 10.2. The molecule has 1 saturated heterocycles. The van der Waals surface area contributed by atoms with Crippen LogP contribution in [-0.4, -0.2) is 32.4 Å². The number of hydrogen-bond acceptors (Lipinski definition) is 3. The standard InChI is InChI=1S/C13H19BrN2O3S/c1-2-19-13-6-5-12(9-11(13)10-14)15-20(17,18)16-7-3-4-8-16/h5-6,9,15H,2-4,7-8,10H2,1H3. The largest absolute Gasteiger partial charge is 0.494 e. The summed E-state index contributed by atoms with van der Waals surface area (Å²) in [4.78, 5) is 0. The molecule has 7 heteroatoms. The average molecular weight is 363 g/mol. The lowest BCUT2D eigenvalue weighted by Gasteiger charge is -2.18. The number of rotatable bonds is 6. The van der Waals surface area contributed by atoms with Gasteiger partial charge in [-0.15, -0.1) is 0 Å². The lowest BCUT2D eigenvalue weighted by molar-refractivity contribution is 0.338. The summed E-state index contributed by atoms with van der Waals surface area (Å²) in [5, 5.41) is 0.613. The van der Waals surface area contributed by atoms with Crippen LogP contribution in [-0.2, 0) is 15.5 Å². The zero-order chi connectivity index (χ0) is 14.6. The zero-order valence-corrected chi connectivity index (χ0v) is 13.8. The van der Waals surface area contributed by atoms with Crippen molar-refractivity contribution in [2.45, 2.75) is 25.1 Å². The first-order chi connectivity index (χ1) is 9.56. The van der Waals surface area contributed by atoms with Crippen LogP contribution in [0.15, 0.2) is 18.2 Å². The van der Waals surface area contributed by atoms with Gasteiger partial charge in [0.15, 0.2) is 0 Å². The summed E-state index contributed by atoms with van der Waals surface area (Å²) in [6.45, 7) is 3.69. The van der Waals surface area contributed by atoms with Gasteiger partial charge in [0.1, 0.15) is 5.75 Å². The molecule has 0 atom stereocenters. The van der Waals surface area contributed by atoms with Gasteiger partial charge in [0.25, 0.3) is 0 Å². The number of ether oxygens (including phenoxy) is 1. The van der Waals surface area contributed by atoms with E-state index in [9.17, 15) is 8.42 Å². The van der Waals surface area contributed by atoms with E-state index >= 15 is 0 Å². The van der Waals surface area contributed by atoms with E-state index in [-0.39, 0.29) is 0 Å². The maximum atomic E-state index is 12.2. The van der Waals surface area contributed by atoms with Gasteiger partial charge >= 0.3 is 10.2 Å². The topological polar surface area (TPSA) is 58.6 Å². The Morgan fingerprint density at radius 2 is 2.05 bits per heavy atom. The minimum Gasteiger partial charge on any atom is -0.494 e. The third kappa shape index (κ3) is 3.65. The van der Waals surface area contributed by atoms with E-state index in [0.717, 1.165) is 24.2 Å². The van der Waals surface area contributed by atoms with Gasteiger partial charge in [0, 0.05) is 24.0 Å². The van der Waals surface area contributed by atoms with Gasteiger partial charge in [0.05, 0.1) is 12.3 Å². The molecule has 1 heterocycles. The molecule has 1 aliphatic heterocycles. The summed E-state index contributed by atoms with van der Waals surface area (Å²) in [6, 6.07) is 5.32. The first-order valence-electron chi connectivity index (χ1n) is 6.66. The number of nitrogens with zero attached hydrogens (tertiary/aromatic N) is 1. The van der Waals surface area contributed by atoms with Crippen molar-refractivity contribution in [3.05, 3.63) is 23.8 Å². The minimum atomic E-state index is -3.44. The zero-order valence-electron chi connectivity index (χ0n) is 11.4. The van der Waals surface area contributed by atoms with Crippen LogP contribution in [0.25, 0.3) is 0 Å². The highest BCUT2D eigenvalue weighted by atomic mass is 79.9. The molecule has 0 bridgehead atoms. The van der Waals surface area contributed by atoms with E-state index in [4.69, 9.17) is 4.74 Å². The van der Waals surface area contributed by atoms with Gasteiger partial charge in [-0.2, -0.15) is 12.7 Å². The van der Waals surface area contributed by atoms with Crippen molar-refractivity contribution in [2.75, 3.05) is 24.4 Å². The summed E-state index contributed by atoms with van der Waals surface area (Å²) in [6.07, 6.45) is 1.85. The fourth-order valence-corrected chi connectivity index (χ4v) is 3.92. The van der Waals surface area contributed by atoms with Crippen molar-refractivity contribution in [1.82, 2.24) is 4.31 Å². The Hall–Kier alpha value is -0.790. The van der Waals surface area contributed by atoms with Gasteiger partial charge < -0.3 is 4.74 Å². The molecule has 0 amide bonds. The van der Waals surface area contributed by atoms with E-state index < -0.39 is 10.2 Å². The fourth-order valence-electron chi connectivity index (χ4n) is 2.19. The van der Waals surface area contributed by atoms with Gasteiger partial charge in [-0.1, -0.05) is 15.9 Å². The smallest absolute Gasteiger partial charge is 0.301 e. The number of nitrogens with one attached hydrogen (secondary N) is 1. The number of halogens is 1. The highest BCUT2D eigenvalue weighted by Crippen LogP contribution is 2.26. The van der Waals surface area contributed by atoms with E-state index in [1.165, 1.54) is 4.31 Å². The molecule has 1 aromatic rings. The predicted molar refractivity (Wildman–Crippen MR) is 83.6 cm³/mol. The van der Waals surface area contributed by atoms with Crippen molar-refractivity contribution >= 4 is 31.8 Å². The maximum absolute atomic E-state index is 12.2. The van der Waals surface area contributed by atoms with Gasteiger partial charge in [-0.05, 0) is 38.0 Å². The Bertz CT molecular complexity index is 557. The van der Waals surface area contributed by atoms with Crippen molar-refractivity contribution in [3.63, 3.8) is 0 Å². The monoisotopic (exact) mass is 362 g/mol. The molecule has 1 N–H and O–H groups in total. The summed E-state index contributed by atoms with van der Waals surface area (Å²) in [5.74, 6) is 0.772. The Labute approximate surface area is 128 Å². The molecule has 2 rings (SSSR count). The van der Waals surface area contributed by atoms with Crippen LogP contribution >= 0.6 is 15.9 Å². The molecule has 1 aromatic carbocycles. The molecule has 1 fully saturated rings. The molecule has 0 spiro atoms. The Morgan fingerprint density at radius 3 is 2.65 bits per heavy atom. The predicted octanol–water partition coefficient (Wildman–Crippen LogP) is 2.73. The summed E-state index contributed by atoms with van der Waals surface area (Å²) in [5.41, 5.74) is 1.49. The highest BCUT2D eigenvalue weighted by Gasteiger charge is 2.25. The molecule has 0 radical (unpaired) electrons. The van der Waals surface area contributed by atoms with Crippen LogP contribution in [0.1, 0.15) is 25.3 Å². The van der Waals surface area contributed by atoms with Gasteiger partial charge in [-0.3, -0.25) is 4.72 Å². The SMILES string of the molecule is CCOc1ccc(NS(=O)(=O)N2CCCC2)cc1CBr. The van der Waals surface area contributed by atoms with Crippen LogP contribution in [0.2, 0.25) is 0 Å². The van der Waals surface area contributed by atoms with Crippen molar-refractivity contribution in [3.8, 4) is 5.75 Å². The molecule has 0 saturated carbocycles. The van der Waals surface area contributed by atoms with Gasteiger partial charge in [-0.25, -0.2) is 0 Å². The number of alkyl halides is 1. The summed E-state index contributed by atoms with van der Waals surface area (Å²) >= 11 is 3.39. The minimum absolute atomic E-state index is 0.565. The Kier molecular flexibility index (Phi) is 5.29. The maximum Gasteiger partial charge on any atom is 0.301 e. The second-order valence-electron chi connectivity index (χ2n) is 4.60. The van der Waals surface area contributed by atoms with Crippen LogP contribution in [0.3, 0.4) is 0 Å². The third-order valence-electron chi connectivity index (χ3n) is 3.16. The first-order valence-corrected chi connectivity index (χ1v) is 9.22. The van der Waals surface area contributed by atoms with E-state index in [1.54, 1.807) is 18.2 Å². The normalized spacial score (nSPS) is 16.3. The van der Waals surface area contributed by atoms with Crippen molar-refractivity contribution in [2.24, 2.45) is 0 Å².